The van der Waals surface area contributed by atoms with Crippen molar-refractivity contribution in [3.05, 3.63) is 64.7 Å². The Hall–Kier alpha value is -2.27. The molecule has 0 aromatic heterocycles. The number of para-hydroxylation sites is 1. The van der Waals surface area contributed by atoms with Gasteiger partial charge in [-0.3, -0.25) is 4.79 Å². The molecular formula is C22H28F2N2O. The van der Waals surface area contributed by atoms with Crippen LogP contribution < -0.4 is 10.6 Å². The van der Waals surface area contributed by atoms with E-state index in [2.05, 4.69) is 38.3 Å². The number of benzene rings is 2. The van der Waals surface area contributed by atoms with Crippen molar-refractivity contribution in [2.45, 2.75) is 52.5 Å². The van der Waals surface area contributed by atoms with Gasteiger partial charge in [-0.2, -0.15) is 0 Å². The van der Waals surface area contributed by atoms with E-state index in [1.165, 1.54) is 12.1 Å². The molecule has 0 bridgehead atoms. The molecule has 27 heavy (non-hydrogen) atoms. The minimum absolute atomic E-state index is 0.0297. The van der Waals surface area contributed by atoms with Gasteiger partial charge in [0, 0.05) is 23.4 Å². The van der Waals surface area contributed by atoms with Crippen LogP contribution in [0.2, 0.25) is 0 Å². The molecule has 1 atom stereocenters. The molecule has 0 radical (unpaired) electrons. The van der Waals surface area contributed by atoms with E-state index in [1.807, 2.05) is 18.2 Å². The van der Waals surface area contributed by atoms with E-state index in [9.17, 15) is 13.6 Å². The first-order valence-electron chi connectivity index (χ1n) is 9.31. The van der Waals surface area contributed by atoms with Crippen LogP contribution in [0.3, 0.4) is 0 Å². The first kappa shape index (κ1) is 21.0. The lowest BCUT2D eigenvalue weighted by Gasteiger charge is -2.21. The number of nitrogens with one attached hydrogen (secondary N) is 2. The second-order valence-electron chi connectivity index (χ2n) is 7.44. The molecule has 1 amide bonds. The number of hydrogen-bond donors (Lipinski definition) is 2. The number of carbonyl (C=O) groups excluding carboxylic acids is 1. The van der Waals surface area contributed by atoms with Crippen LogP contribution in [-0.2, 0) is 4.79 Å². The van der Waals surface area contributed by atoms with Crippen molar-refractivity contribution in [1.82, 2.24) is 5.32 Å². The van der Waals surface area contributed by atoms with Crippen LogP contribution in [0.4, 0.5) is 14.5 Å². The summed E-state index contributed by atoms with van der Waals surface area (Å²) in [7, 11) is 0. The number of anilines is 1. The molecule has 0 fully saturated rings. The maximum atomic E-state index is 13.9. The van der Waals surface area contributed by atoms with Crippen molar-refractivity contribution in [2.24, 2.45) is 0 Å². The summed E-state index contributed by atoms with van der Waals surface area (Å²) >= 11 is 0. The molecule has 0 saturated carbocycles. The fourth-order valence-corrected chi connectivity index (χ4v) is 3.09. The number of hydrogen-bond acceptors (Lipinski definition) is 2. The molecule has 0 aliphatic rings. The third-order valence-electron chi connectivity index (χ3n) is 4.64. The summed E-state index contributed by atoms with van der Waals surface area (Å²) in [5.41, 5.74) is 3.36. The Kier molecular flexibility index (Phi) is 7.08. The smallest absolute Gasteiger partial charge is 0.238 e. The monoisotopic (exact) mass is 374 g/mol. The maximum Gasteiger partial charge on any atom is 0.238 e. The Morgan fingerprint density at radius 3 is 2.04 bits per heavy atom. The lowest BCUT2D eigenvalue weighted by molar-refractivity contribution is -0.115. The fourth-order valence-electron chi connectivity index (χ4n) is 3.09. The van der Waals surface area contributed by atoms with Crippen LogP contribution in [0.25, 0.3) is 0 Å². The van der Waals surface area contributed by atoms with Gasteiger partial charge >= 0.3 is 0 Å². The molecule has 0 aliphatic carbocycles. The third kappa shape index (κ3) is 5.36. The number of amides is 1. The van der Waals surface area contributed by atoms with Gasteiger partial charge in [0.25, 0.3) is 0 Å². The highest BCUT2D eigenvalue weighted by molar-refractivity contribution is 5.94. The zero-order chi connectivity index (χ0) is 20.1. The molecule has 2 N–H and O–H groups in total. The van der Waals surface area contributed by atoms with Gasteiger partial charge in [-0.05, 0) is 36.0 Å². The molecule has 0 spiro atoms. The van der Waals surface area contributed by atoms with Crippen LogP contribution in [0.1, 0.15) is 69.2 Å². The molecule has 3 nitrogen and oxygen atoms in total. The van der Waals surface area contributed by atoms with Crippen molar-refractivity contribution in [1.29, 1.82) is 0 Å². The van der Waals surface area contributed by atoms with Crippen molar-refractivity contribution < 1.29 is 13.6 Å². The first-order chi connectivity index (χ1) is 12.7. The van der Waals surface area contributed by atoms with E-state index in [0.29, 0.717) is 5.56 Å². The summed E-state index contributed by atoms with van der Waals surface area (Å²) in [6.45, 7) is 10.1. The summed E-state index contributed by atoms with van der Waals surface area (Å²) in [6.07, 6.45) is 0. The normalized spacial score (nSPS) is 12.5. The van der Waals surface area contributed by atoms with Crippen LogP contribution in [0.5, 0.6) is 0 Å². The molecular weight excluding hydrogens is 346 g/mol. The Balaban J connectivity index is 2.10. The van der Waals surface area contributed by atoms with Gasteiger partial charge in [0.05, 0.1) is 6.54 Å². The summed E-state index contributed by atoms with van der Waals surface area (Å²) in [4.78, 5) is 12.5. The largest absolute Gasteiger partial charge is 0.324 e. The van der Waals surface area contributed by atoms with Gasteiger partial charge < -0.3 is 10.6 Å². The Morgan fingerprint density at radius 2 is 1.52 bits per heavy atom. The highest BCUT2D eigenvalue weighted by atomic mass is 19.1. The lowest BCUT2D eigenvalue weighted by atomic mass is 9.92. The number of carbonyl (C=O) groups is 1. The fraction of sp³-hybridized carbons (Fsp3) is 0.409. The van der Waals surface area contributed by atoms with E-state index < -0.39 is 17.7 Å². The molecule has 2 aromatic rings. The molecule has 146 valence electrons. The predicted molar refractivity (Wildman–Crippen MR) is 106 cm³/mol. The third-order valence-corrected chi connectivity index (χ3v) is 4.64. The van der Waals surface area contributed by atoms with Crippen molar-refractivity contribution in [2.75, 3.05) is 11.9 Å². The van der Waals surface area contributed by atoms with Crippen LogP contribution in [0, 0.1) is 11.6 Å². The van der Waals surface area contributed by atoms with E-state index in [4.69, 9.17) is 0 Å². The van der Waals surface area contributed by atoms with Gasteiger partial charge in [0.2, 0.25) is 5.91 Å². The van der Waals surface area contributed by atoms with Crippen LogP contribution in [0.15, 0.2) is 36.4 Å². The van der Waals surface area contributed by atoms with E-state index in [-0.39, 0.29) is 24.3 Å². The van der Waals surface area contributed by atoms with Crippen molar-refractivity contribution in [3.8, 4) is 0 Å². The lowest BCUT2D eigenvalue weighted by Crippen LogP contribution is -2.31. The van der Waals surface area contributed by atoms with Gasteiger partial charge in [0.1, 0.15) is 11.6 Å². The SMILES string of the molecule is CC(C)c1cccc(C(C)C)c1NC(=O)CN[C@H](C)c1ccc(F)cc1F. The molecule has 5 heteroatoms. The number of rotatable bonds is 7. The van der Waals surface area contributed by atoms with Crippen LogP contribution >= 0.6 is 0 Å². The Labute approximate surface area is 160 Å². The van der Waals surface area contributed by atoms with Crippen molar-refractivity contribution in [3.63, 3.8) is 0 Å². The highest BCUT2D eigenvalue weighted by Gasteiger charge is 2.17. The maximum absolute atomic E-state index is 13.9. The van der Waals surface area contributed by atoms with Gasteiger partial charge in [-0.15, -0.1) is 0 Å². The molecule has 2 aromatic carbocycles. The highest BCUT2D eigenvalue weighted by Crippen LogP contribution is 2.32. The molecule has 0 unspecified atom stereocenters. The average molecular weight is 374 g/mol. The Morgan fingerprint density at radius 1 is 0.926 bits per heavy atom. The van der Waals surface area contributed by atoms with Crippen LogP contribution in [-0.4, -0.2) is 12.5 Å². The molecule has 0 saturated heterocycles. The first-order valence-corrected chi connectivity index (χ1v) is 9.31. The topological polar surface area (TPSA) is 41.1 Å². The number of halogens is 2. The molecule has 0 heterocycles. The minimum Gasteiger partial charge on any atom is -0.324 e. The Bertz CT molecular complexity index is 777. The second-order valence-corrected chi connectivity index (χ2v) is 7.44. The molecule has 0 aliphatic heterocycles. The summed E-state index contributed by atoms with van der Waals surface area (Å²) < 4.78 is 26.9. The quantitative estimate of drug-likeness (QED) is 0.672. The predicted octanol–water partition coefficient (Wildman–Crippen LogP) is 5.50. The van der Waals surface area contributed by atoms with Gasteiger partial charge in [-0.25, -0.2) is 8.78 Å². The van der Waals surface area contributed by atoms with Crippen molar-refractivity contribution >= 4 is 11.6 Å². The zero-order valence-corrected chi connectivity index (χ0v) is 16.6. The van der Waals surface area contributed by atoms with E-state index in [0.717, 1.165) is 22.9 Å². The van der Waals surface area contributed by atoms with Gasteiger partial charge in [0.15, 0.2) is 0 Å². The summed E-state index contributed by atoms with van der Waals surface area (Å²) in [6, 6.07) is 9.10. The summed E-state index contributed by atoms with van der Waals surface area (Å²) in [5, 5.41) is 6.02. The minimum atomic E-state index is -0.623. The van der Waals surface area contributed by atoms with Gasteiger partial charge in [-0.1, -0.05) is 52.0 Å². The second kappa shape index (κ2) is 9.09. The summed E-state index contributed by atoms with van der Waals surface area (Å²) in [5.74, 6) is -0.881. The average Bonchev–Trinajstić information content (AvgIpc) is 2.59. The standard InChI is InChI=1S/C22H28F2N2O/c1-13(2)17-7-6-8-18(14(3)4)22(17)26-21(27)12-25-15(5)19-10-9-16(23)11-20(19)24/h6-11,13-15,25H,12H2,1-5H3,(H,26,27)/t15-/m1/s1. The van der Waals surface area contributed by atoms with E-state index in [1.54, 1.807) is 6.92 Å². The zero-order valence-electron chi connectivity index (χ0n) is 16.6. The van der Waals surface area contributed by atoms with E-state index >= 15 is 0 Å². The molecule has 2 rings (SSSR count).